The van der Waals surface area contributed by atoms with Crippen LogP contribution in [0.25, 0.3) is 0 Å². The van der Waals surface area contributed by atoms with Crippen LogP contribution in [-0.2, 0) is 13.1 Å². The van der Waals surface area contributed by atoms with E-state index in [4.69, 9.17) is 0 Å². The van der Waals surface area contributed by atoms with Crippen molar-refractivity contribution < 1.29 is 9.42 Å². The molecule has 0 aliphatic carbocycles. The van der Waals surface area contributed by atoms with Gasteiger partial charge in [0.05, 0.1) is 24.8 Å². The van der Waals surface area contributed by atoms with E-state index in [2.05, 4.69) is 20.0 Å². The Kier molecular flexibility index (Phi) is 4.18. The van der Waals surface area contributed by atoms with Gasteiger partial charge in [-0.15, -0.1) is 0 Å². The van der Waals surface area contributed by atoms with Gasteiger partial charge in [0.15, 0.2) is 0 Å². The summed E-state index contributed by atoms with van der Waals surface area (Å²) in [4.78, 5) is 14.0. The molecule has 3 rings (SSSR count). The van der Waals surface area contributed by atoms with Gasteiger partial charge in [-0.2, -0.15) is 5.10 Å². The van der Waals surface area contributed by atoms with E-state index in [9.17, 15) is 4.79 Å². The van der Waals surface area contributed by atoms with E-state index < -0.39 is 0 Å². The number of hydrogen-bond acceptors (Lipinski definition) is 5. The standard InChI is InChI=1S/C16H17N5O2/c1-12-15(19-23-18-12)11-20(2)16(22)14-8-17-21(10-14)9-13-6-4-3-5-7-13/h3-8,10H,9,11H2,1-2H3. The van der Waals surface area contributed by atoms with E-state index in [1.54, 1.807) is 35.9 Å². The molecule has 2 heterocycles. The first-order valence-electron chi connectivity index (χ1n) is 7.23. The summed E-state index contributed by atoms with van der Waals surface area (Å²) in [6.07, 6.45) is 3.33. The van der Waals surface area contributed by atoms with Crippen molar-refractivity contribution in [2.45, 2.75) is 20.0 Å². The number of carbonyl (C=O) groups is 1. The van der Waals surface area contributed by atoms with E-state index in [1.165, 1.54) is 0 Å². The lowest BCUT2D eigenvalue weighted by Crippen LogP contribution is -2.26. The van der Waals surface area contributed by atoms with Crippen molar-refractivity contribution in [1.82, 2.24) is 25.0 Å². The van der Waals surface area contributed by atoms with Crippen molar-refractivity contribution in [2.24, 2.45) is 0 Å². The second kappa shape index (κ2) is 6.43. The van der Waals surface area contributed by atoms with Crippen LogP contribution in [0.5, 0.6) is 0 Å². The van der Waals surface area contributed by atoms with Crippen LogP contribution in [0, 0.1) is 6.92 Å². The Balaban J connectivity index is 1.67. The Hall–Kier alpha value is -2.96. The highest BCUT2D eigenvalue weighted by Gasteiger charge is 2.17. The number of carbonyl (C=O) groups excluding carboxylic acids is 1. The lowest BCUT2D eigenvalue weighted by molar-refractivity contribution is 0.0781. The summed E-state index contributed by atoms with van der Waals surface area (Å²) in [5.74, 6) is -0.119. The molecule has 1 aromatic carbocycles. The summed E-state index contributed by atoms with van der Waals surface area (Å²) in [6, 6.07) is 9.97. The molecular formula is C16H17N5O2. The Morgan fingerprint density at radius 1 is 1.26 bits per heavy atom. The molecule has 0 saturated carbocycles. The molecule has 7 nitrogen and oxygen atoms in total. The molecule has 0 fully saturated rings. The number of nitrogens with zero attached hydrogens (tertiary/aromatic N) is 5. The minimum atomic E-state index is -0.119. The summed E-state index contributed by atoms with van der Waals surface area (Å²) in [7, 11) is 1.71. The van der Waals surface area contributed by atoms with Crippen molar-refractivity contribution in [3.63, 3.8) is 0 Å². The highest BCUT2D eigenvalue weighted by atomic mass is 16.6. The molecule has 23 heavy (non-hydrogen) atoms. The number of benzene rings is 1. The summed E-state index contributed by atoms with van der Waals surface area (Å²) in [6.45, 7) is 2.77. The number of aryl methyl sites for hydroxylation is 1. The number of hydrogen-bond donors (Lipinski definition) is 0. The summed E-state index contributed by atoms with van der Waals surface area (Å²) in [5.41, 5.74) is 3.01. The van der Waals surface area contributed by atoms with Crippen LogP contribution in [-0.4, -0.2) is 37.9 Å². The molecular weight excluding hydrogens is 294 g/mol. The Morgan fingerprint density at radius 3 is 2.74 bits per heavy atom. The predicted molar refractivity (Wildman–Crippen MR) is 82.6 cm³/mol. The fraction of sp³-hybridized carbons (Fsp3) is 0.250. The first-order valence-corrected chi connectivity index (χ1v) is 7.23. The molecule has 3 aromatic rings. The van der Waals surface area contributed by atoms with E-state index >= 15 is 0 Å². The van der Waals surface area contributed by atoms with Gasteiger partial charge >= 0.3 is 0 Å². The molecule has 0 saturated heterocycles. The van der Waals surface area contributed by atoms with Crippen LogP contribution in [0.4, 0.5) is 0 Å². The maximum Gasteiger partial charge on any atom is 0.257 e. The van der Waals surface area contributed by atoms with Gasteiger partial charge < -0.3 is 4.90 Å². The minimum Gasteiger partial charge on any atom is -0.335 e. The number of amides is 1. The lowest BCUT2D eigenvalue weighted by atomic mass is 10.2. The SMILES string of the molecule is Cc1nonc1CN(C)C(=O)c1cnn(Cc2ccccc2)c1. The molecule has 2 aromatic heterocycles. The van der Waals surface area contributed by atoms with Crippen molar-refractivity contribution >= 4 is 5.91 Å². The van der Waals surface area contributed by atoms with Gasteiger partial charge in [-0.05, 0) is 12.5 Å². The predicted octanol–water partition coefficient (Wildman–Crippen LogP) is 1.90. The van der Waals surface area contributed by atoms with Crippen LogP contribution in [0.1, 0.15) is 27.3 Å². The molecule has 0 N–H and O–H groups in total. The van der Waals surface area contributed by atoms with Gasteiger partial charge in [-0.3, -0.25) is 9.48 Å². The molecule has 0 aliphatic heterocycles. The largest absolute Gasteiger partial charge is 0.335 e. The Bertz CT molecular complexity index is 794. The zero-order chi connectivity index (χ0) is 16.2. The minimum absolute atomic E-state index is 0.119. The second-order valence-corrected chi connectivity index (χ2v) is 5.37. The van der Waals surface area contributed by atoms with Crippen LogP contribution in [0.2, 0.25) is 0 Å². The quantitative estimate of drug-likeness (QED) is 0.719. The Morgan fingerprint density at radius 2 is 2.04 bits per heavy atom. The Labute approximate surface area is 133 Å². The van der Waals surface area contributed by atoms with E-state index in [-0.39, 0.29) is 5.91 Å². The average molecular weight is 311 g/mol. The maximum atomic E-state index is 12.4. The van der Waals surface area contributed by atoms with Crippen LogP contribution in [0.15, 0.2) is 47.4 Å². The molecule has 7 heteroatoms. The highest BCUT2D eigenvalue weighted by molar-refractivity contribution is 5.93. The summed E-state index contributed by atoms with van der Waals surface area (Å²) >= 11 is 0. The zero-order valence-electron chi connectivity index (χ0n) is 13.0. The lowest BCUT2D eigenvalue weighted by Gasteiger charge is -2.14. The second-order valence-electron chi connectivity index (χ2n) is 5.37. The molecule has 0 aliphatic rings. The van der Waals surface area contributed by atoms with Crippen LogP contribution < -0.4 is 0 Å². The first-order chi connectivity index (χ1) is 11.1. The number of rotatable bonds is 5. The van der Waals surface area contributed by atoms with Crippen molar-refractivity contribution in [2.75, 3.05) is 7.05 Å². The monoisotopic (exact) mass is 311 g/mol. The third-order valence-corrected chi connectivity index (χ3v) is 3.55. The van der Waals surface area contributed by atoms with Crippen molar-refractivity contribution in [3.05, 3.63) is 65.2 Å². The smallest absolute Gasteiger partial charge is 0.257 e. The third kappa shape index (κ3) is 3.45. The van der Waals surface area contributed by atoms with Gasteiger partial charge in [0, 0.05) is 13.2 Å². The molecule has 0 spiro atoms. The van der Waals surface area contributed by atoms with E-state index in [0.29, 0.717) is 30.0 Å². The number of aromatic nitrogens is 4. The molecule has 0 bridgehead atoms. The highest BCUT2D eigenvalue weighted by Crippen LogP contribution is 2.09. The fourth-order valence-corrected chi connectivity index (χ4v) is 2.24. The third-order valence-electron chi connectivity index (χ3n) is 3.55. The normalized spacial score (nSPS) is 10.7. The van der Waals surface area contributed by atoms with Gasteiger partial charge in [0.2, 0.25) is 0 Å². The molecule has 0 atom stereocenters. The van der Waals surface area contributed by atoms with Gasteiger partial charge in [-0.1, -0.05) is 40.6 Å². The van der Waals surface area contributed by atoms with Crippen molar-refractivity contribution in [3.8, 4) is 0 Å². The van der Waals surface area contributed by atoms with Crippen LogP contribution >= 0.6 is 0 Å². The zero-order valence-corrected chi connectivity index (χ0v) is 13.0. The fourth-order valence-electron chi connectivity index (χ4n) is 2.24. The van der Waals surface area contributed by atoms with E-state index in [0.717, 1.165) is 5.56 Å². The first kappa shape index (κ1) is 15.0. The molecule has 0 radical (unpaired) electrons. The van der Waals surface area contributed by atoms with Gasteiger partial charge in [-0.25, -0.2) is 4.63 Å². The maximum absolute atomic E-state index is 12.4. The van der Waals surface area contributed by atoms with Gasteiger partial charge in [0.25, 0.3) is 5.91 Å². The van der Waals surface area contributed by atoms with Crippen molar-refractivity contribution in [1.29, 1.82) is 0 Å². The topological polar surface area (TPSA) is 77.1 Å². The van der Waals surface area contributed by atoms with Gasteiger partial charge in [0.1, 0.15) is 11.4 Å². The van der Waals surface area contributed by atoms with E-state index in [1.807, 2.05) is 30.3 Å². The summed E-state index contributed by atoms with van der Waals surface area (Å²) < 4.78 is 6.40. The van der Waals surface area contributed by atoms with Crippen LogP contribution in [0.3, 0.4) is 0 Å². The molecule has 0 unspecified atom stereocenters. The average Bonchev–Trinajstić information content (AvgIpc) is 3.17. The molecule has 1 amide bonds. The molecule has 118 valence electrons. The summed E-state index contributed by atoms with van der Waals surface area (Å²) in [5, 5.41) is 11.8.